The van der Waals surface area contributed by atoms with Crippen LogP contribution in [0.1, 0.15) is 25.8 Å². The highest BCUT2D eigenvalue weighted by Gasteiger charge is 2.33. The number of rotatable bonds is 5. The van der Waals surface area contributed by atoms with Crippen molar-refractivity contribution in [2.24, 2.45) is 0 Å². The molecule has 1 N–H and O–H groups in total. The van der Waals surface area contributed by atoms with Gasteiger partial charge in [0, 0.05) is 12.6 Å². The number of thiophene rings is 1. The smallest absolute Gasteiger partial charge is 0.240 e. The van der Waals surface area contributed by atoms with Crippen LogP contribution in [-0.4, -0.2) is 36.0 Å². The van der Waals surface area contributed by atoms with Gasteiger partial charge in [0.25, 0.3) is 0 Å². The molecule has 1 aliphatic rings. The normalized spacial score (nSPS) is 22.1. The van der Waals surface area contributed by atoms with Crippen LogP contribution >= 0.6 is 11.3 Å². The number of carbonyl (C=O) groups excluding carboxylic acids is 1. The lowest BCUT2D eigenvalue weighted by Gasteiger charge is -2.24. The standard InChI is InChI=1S/C13H20N2OS/c1-3-14-12-4-6-15(13(12)16)10(2)8-11-5-7-17-9-11/h5,7,9-10,12,14H,3-4,6,8H2,1-2H3. The molecule has 0 aromatic carbocycles. The van der Waals surface area contributed by atoms with Crippen molar-refractivity contribution in [3.8, 4) is 0 Å². The van der Waals surface area contributed by atoms with Crippen molar-refractivity contribution in [1.82, 2.24) is 10.2 Å². The highest BCUT2D eigenvalue weighted by Crippen LogP contribution is 2.18. The summed E-state index contributed by atoms with van der Waals surface area (Å²) in [6, 6.07) is 2.49. The van der Waals surface area contributed by atoms with Crippen molar-refractivity contribution in [2.75, 3.05) is 13.1 Å². The van der Waals surface area contributed by atoms with E-state index >= 15 is 0 Å². The Kier molecular flexibility index (Phi) is 4.18. The highest BCUT2D eigenvalue weighted by molar-refractivity contribution is 7.07. The SMILES string of the molecule is CCNC1CCN(C(C)Cc2ccsc2)C1=O. The number of carbonyl (C=O) groups is 1. The zero-order chi connectivity index (χ0) is 12.3. The number of hydrogen-bond donors (Lipinski definition) is 1. The molecule has 2 rings (SSSR count). The van der Waals surface area contributed by atoms with Gasteiger partial charge < -0.3 is 10.2 Å². The van der Waals surface area contributed by atoms with Gasteiger partial charge in [0.05, 0.1) is 6.04 Å². The van der Waals surface area contributed by atoms with Gasteiger partial charge in [0.15, 0.2) is 0 Å². The van der Waals surface area contributed by atoms with E-state index in [1.54, 1.807) is 11.3 Å². The fourth-order valence-electron chi connectivity index (χ4n) is 2.44. The average Bonchev–Trinajstić information content (AvgIpc) is 2.91. The van der Waals surface area contributed by atoms with Crippen molar-refractivity contribution >= 4 is 17.2 Å². The van der Waals surface area contributed by atoms with Crippen LogP contribution in [-0.2, 0) is 11.2 Å². The zero-order valence-electron chi connectivity index (χ0n) is 10.5. The summed E-state index contributed by atoms with van der Waals surface area (Å²) in [5.74, 6) is 0.273. The van der Waals surface area contributed by atoms with Gasteiger partial charge in [-0.3, -0.25) is 4.79 Å². The zero-order valence-corrected chi connectivity index (χ0v) is 11.3. The number of amides is 1. The summed E-state index contributed by atoms with van der Waals surface area (Å²) in [5, 5.41) is 7.51. The molecule has 1 aromatic heterocycles. The van der Waals surface area contributed by atoms with E-state index in [0.717, 1.165) is 25.9 Å². The van der Waals surface area contributed by atoms with Crippen LogP contribution in [0.4, 0.5) is 0 Å². The van der Waals surface area contributed by atoms with Crippen LogP contribution in [0, 0.1) is 0 Å². The third kappa shape index (κ3) is 2.87. The quantitative estimate of drug-likeness (QED) is 0.868. The predicted octanol–water partition coefficient (Wildman–Crippen LogP) is 1.89. The third-order valence-electron chi connectivity index (χ3n) is 3.33. The Morgan fingerprint density at radius 3 is 3.12 bits per heavy atom. The number of nitrogens with one attached hydrogen (secondary N) is 1. The number of hydrogen-bond acceptors (Lipinski definition) is 3. The second kappa shape index (κ2) is 5.65. The molecule has 2 heterocycles. The summed E-state index contributed by atoms with van der Waals surface area (Å²) < 4.78 is 0. The summed E-state index contributed by atoms with van der Waals surface area (Å²) in [6.07, 6.45) is 1.91. The lowest BCUT2D eigenvalue weighted by molar-refractivity contribution is -0.131. The first kappa shape index (κ1) is 12.6. The molecular formula is C13H20N2OS. The minimum atomic E-state index is 0.0462. The number of likely N-dealkylation sites (tertiary alicyclic amines) is 1. The fourth-order valence-corrected chi connectivity index (χ4v) is 3.12. The van der Waals surface area contributed by atoms with E-state index in [-0.39, 0.29) is 11.9 Å². The van der Waals surface area contributed by atoms with Gasteiger partial charge in [-0.05, 0) is 48.7 Å². The van der Waals surface area contributed by atoms with E-state index in [4.69, 9.17) is 0 Å². The van der Waals surface area contributed by atoms with Crippen LogP contribution in [0.25, 0.3) is 0 Å². The molecule has 1 aliphatic heterocycles. The maximum Gasteiger partial charge on any atom is 0.240 e. The predicted molar refractivity (Wildman–Crippen MR) is 71.3 cm³/mol. The Hall–Kier alpha value is -0.870. The van der Waals surface area contributed by atoms with Crippen molar-refractivity contribution < 1.29 is 4.79 Å². The monoisotopic (exact) mass is 252 g/mol. The molecule has 1 amide bonds. The van der Waals surface area contributed by atoms with Crippen molar-refractivity contribution in [1.29, 1.82) is 0 Å². The van der Waals surface area contributed by atoms with Gasteiger partial charge in [-0.1, -0.05) is 6.92 Å². The largest absolute Gasteiger partial charge is 0.338 e. The molecule has 1 saturated heterocycles. The molecule has 17 heavy (non-hydrogen) atoms. The van der Waals surface area contributed by atoms with Gasteiger partial charge in [-0.15, -0.1) is 0 Å². The number of nitrogens with zero attached hydrogens (tertiary/aromatic N) is 1. The Morgan fingerprint density at radius 1 is 1.65 bits per heavy atom. The molecule has 0 aliphatic carbocycles. The third-order valence-corrected chi connectivity index (χ3v) is 4.07. The van der Waals surface area contributed by atoms with Gasteiger partial charge in [0.1, 0.15) is 0 Å². The maximum absolute atomic E-state index is 12.1. The topological polar surface area (TPSA) is 32.3 Å². The van der Waals surface area contributed by atoms with Crippen LogP contribution < -0.4 is 5.32 Å². The summed E-state index contributed by atoms with van der Waals surface area (Å²) in [4.78, 5) is 14.2. The van der Waals surface area contributed by atoms with Gasteiger partial charge >= 0.3 is 0 Å². The minimum Gasteiger partial charge on any atom is -0.338 e. The van der Waals surface area contributed by atoms with Crippen LogP contribution in [0.3, 0.4) is 0 Å². The van der Waals surface area contributed by atoms with Crippen LogP contribution in [0.5, 0.6) is 0 Å². The Morgan fingerprint density at radius 2 is 2.47 bits per heavy atom. The molecule has 2 unspecified atom stereocenters. The first-order chi connectivity index (χ1) is 8.22. The molecule has 1 fully saturated rings. The Bertz CT molecular complexity index is 364. The van der Waals surface area contributed by atoms with Gasteiger partial charge in [-0.2, -0.15) is 11.3 Å². The van der Waals surface area contributed by atoms with E-state index in [0.29, 0.717) is 6.04 Å². The van der Waals surface area contributed by atoms with E-state index in [2.05, 4.69) is 29.1 Å². The van der Waals surface area contributed by atoms with Crippen molar-refractivity contribution in [3.63, 3.8) is 0 Å². The summed E-state index contributed by atoms with van der Waals surface area (Å²) in [5.41, 5.74) is 1.34. The lowest BCUT2D eigenvalue weighted by atomic mass is 10.1. The molecular weight excluding hydrogens is 232 g/mol. The Balaban J connectivity index is 1.92. The summed E-state index contributed by atoms with van der Waals surface area (Å²) >= 11 is 1.72. The average molecular weight is 252 g/mol. The van der Waals surface area contributed by atoms with E-state index in [9.17, 15) is 4.79 Å². The van der Waals surface area contributed by atoms with Crippen molar-refractivity contribution in [2.45, 2.75) is 38.8 Å². The summed E-state index contributed by atoms with van der Waals surface area (Å²) in [7, 11) is 0. The fraction of sp³-hybridized carbons (Fsp3) is 0.615. The first-order valence-corrected chi connectivity index (χ1v) is 7.21. The number of likely N-dealkylation sites (N-methyl/N-ethyl adjacent to an activating group) is 1. The van der Waals surface area contributed by atoms with E-state index in [1.165, 1.54) is 5.56 Å². The van der Waals surface area contributed by atoms with E-state index in [1.807, 2.05) is 11.8 Å². The van der Waals surface area contributed by atoms with Crippen LogP contribution in [0.2, 0.25) is 0 Å². The minimum absolute atomic E-state index is 0.0462. The van der Waals surface area contributed by atoms with Gasteiger partial charge in [0.2, 0.25) is 5.91 Å². The molecule has 0 spiro atoms. The van der Waals surface area contributed by atoms with E-state index < -0.39 is 0 Å². The first-order valence-electron chi connectivity index (χ1n) is 6.27. The molecule has 1 aromatic rings. The molecule has 2 atom stereocenters. The molecule has 3 nitrogen and oxygen atoms in total. The van der Waals surface area contributed by atoms with Gasteiger partial charge in [-0.25, -0.2) is 0 Å². The summed E-state index contributed by atoms with van der Waals surface area (Å²) in [6.45, 7) is 5.94. The van der Waals surface area contributed by atoms with Crippen LogP contribution in [0.15, 0.2) is 16.8 Å². The molecule has 0 saturated carbocycles. The molecule has 0 radical (unpaired) electrons. The lowest BCUT2D eigenvalue weighted by Crippen LogP contribution is -2.42. The van der Waals surface area contributed by atoms with Crippen molar-refractivity contribution in [3.05, 3.63) is 22.4 Å². The maximum atomic E-state index is 12.1. The molecule has 4 heteroatoms. The highest BCUT2D eigenvalue weighted by atomic mass is 32.1. The second-order valence-corrected chi connectivity index (χ2v) is 5.40. The second-order valence-electron chi connectivity index (χ2n) is 4.62. The molecule has 0 bridgehead atoms. The Labute approximate surface area is 107 Å². The molecule has 94 valence electrons.